The number of benzene rings is 6. The molecule has 0 unspecified atom stereocenters. The van der Waals surface area contributed by atoms with Crippen molar-refractivity contribution in [2.75, 3.05) is 11.4 Å². The first kappa shape index (κ1) is 42.6. The van der Waals surface area contributed by atoms with E-state index in [4.69, 9.17) is 7.85 Å². The lowest BCUT2D eigenvalue weighted by Gasteiger charge is -2.32. The minimum Gasteiger partial charge on any atom is -0.515 e. The largest absolute Gasteiger partial charge is 0.515 e. The van der Waals surface area contributed by atoms with Crippen molar-refractivity contribution in [3.05, 3.63) is 186 Å². The summed E-state index contributed by atoms with van der Waals surface area (Å²) in [6, 6.07) is 43.7. The minimum atomic E-state index is -0.213. The summed E-state index contributed by atoms with van der Waals surface area (Å²) < 4.78 is 2.32. The smallest absolute Gasteiger partial charge is 0.132 e. The maximum atomic E-state index is 12.3. The molecule has 7 aromatic rings. The lowest BCUT2D eigenvalue weighted by Crippen LogP contribution is -2.28. The fourth-order valence-corrected chi connectivity index (χ4v) is 8.86. The van der Waals surface area contributed by atoms with Crippen LogP contribution in [-0.4, -0.2) is 39.4 Å². The SMILES string of the molecule is [B]c1c(O)c(-c2ccccc2)c(O)c(CCCC2CC2)c1N(C/C(C)=C(O)\C(=C\O)c1ccccc1)c1ccc(-c2ccccc2-n2c(/C=C\C)c(/C=C\C)c3ccccc32)cc1. The number of hydrogen-bond acceptors (Lipinski definition) is 5. The molecule has 1 saturated carbocycles. The highest BCUT2D eigenvalue weighted by Crippen LogP contribution is 2.46. The highest BCUT2D eigenvalue weighted by molar-refractivity contribution is 6.39. The van der Waals surface area contributed by atoms with Crippen LogP contribution in [0.2, 0.25) is 0 Å². The number of nitrogens with zero attached hydrogens (tertiary/aromatic N) is 2. The number of hydrogen-bond donors (Lipinski definition) is 4. The fraction of sp³-hybridized carbons (Fsp3) is 0.179. The molecule has 1 heterocycles. The van der Waals surface area contributed by atoms with Crippen LogP contribution in [0.25, 0.3) is 56.6 Å². The second kappa shape index (κ2) is 18.9. The van der Waals surface area contributed by atoms with Crippen molar-refractivity contribution in [2.24, 2.45) is 5.92 Å². The molecule has 0 aliphatic heterocycles. The number of aromatic nitrogens is 1. The summed E-state index contributed by atoms with van der Waals surface area (Å²) >= 11 is 0. The van der Waals surface area contributed by atoms with Crippen LogP contribution in [0, 0.1) is 5.92 Å². The van der Waals surface area contributed by atoms with E-state index in [2.05, 4.69) is 89.5 Å². The quantitative estimate of drug-likeness (QED) is 0.0470. The summed E-state index contributed by atoms with van der Waals surface area (Å²) in [7, 11) is 7.07. The zero-order valence-electron chi connectivity index (χ0n) is 36.2. The van der Waals surface area contributed by atoms with Gasteiger partial charge in [-0.15, -0.1) is 0 Å². The molecule has 63 heavy (non-hydrogen) atoms. The van der Waals surface area contributed by atoms with Crippen molar-refractivity contribution >= 4 is 53.3 Å². The highest BCUT2D eigenvalue weighted by Gasteiger charge is 2.29. The number of para-hydroxylation sites is 2. The molecule has 6 aromatic carbocycles. The topological polar surface area (TPSA) is 89.1 Å². The van der Waals surface area contributed by atoms with E-state index in [-0.39, 0.29) is 34.8 Å². The van der Waals surface area contributed by atoms with E-state index in [9.17, 15) is 20.4 Å². The molecule has 314 valence electrons. The number of aliphatic hydroxyl groups excluding tert-OH is 2. The standard InChI is InChI=1S/C56H53BN2O4/c1-4-17-44-45-25-13-15-28-50(45)59(48(44)18-5-2)49-27-14-12-24-43(49)40-31-33-42(34-32-40)58(35-37(3)54(61)47(36-60)39-20-8-6-9-21-39)53-46(26-16-19-38-29-30-38)55(62)51(56(63)52(53)57)41-22-10-7-11-23-41/h4-15,17-18,20-25,27-28,31-34,36,38,60-63H,16,19,26,29-30,35H2,1-3H3/b17-4-,18-5-,47-36+,54-37+. The Hall–Kier alpha value is -7.12. The van der Waals surface area contributed by atoms with Gasteiger partial charge in [0.2, 0.25) is 0 Å². The van der Waals surface area contributed by atoms with Crippen LogP contribution < -0.4 is 10.4 Å². The van der Waals surface area contributed by atoms with E-state index in [0.717, 1.165) is 63.8 Å². The molecular formula is C56H53BN2O4. The predicted molar refractivity (Wildman–Crippen MR) is 264 cm³/mol. The van der Waals surface area contributed by atoms with E-state index in [1.54, 1.807) is 0 Å². The number of rotatable bonds is 15. The lowest BCUT2D eigenvalue weighted by molar-refractivity contribution is 0.421. The van der Waals surface area contributed by atoms with Gasteiger partial charge in [0.25, 0.3) is 0 Å². The van der Waals surface area contributed by atoms with Gasteiger partial charge < -0.3 is 29.9 Å². The zero-order valence-corrected chi connectivity index (χ0v) is 36.2. The molecular weight excluding hydrogens is 775 g/mol. The lowest BCUT2D eigenvalue weighted by atomic mass is 9.83. The van der Waals surface area contributed by atoms with E-state index < -0.39 is 0 Å². The molecule has 0 saturated heterocycles. The van der Waals surface area contributed by atoms with Gasteiger partial charge in [0.1, 0.15) is 25.1 Å². The third kappa shape index (κ3) is 8.56. The maximum Gasteiger partial charge on any atom is 0.132 e. The second-order valence-electron chi connectivity index (χ2n) is 16.4. The zero-order chi connectivity index (χ0) is 44.0. The molecule has 0 spiro atoms. The van der Waals surface area contributed by atoms with E-state index in [1.807, 2.05) is 98.5 Å². The van der Waals surface area contributed by atoms with Crippen molar-refractivity contribution in [3.8, 4) is 39.4 Å². The van der Waals surface area contributed by atoms with Crippen LogP contribution in [-0.2, 0) is 6.42 Å². The Morgan fingerprint density at radius 3 is 2.10 bits per heavy atom. The molecule has 0 atom stereocenters. The Morgan fingerprint density at radius 1 is 0.762 bits per heavy atom. The number of phenolic OH excluding ortho intramolecular Hbond substituents is 2. The number of anilines is 2. The molecule has 6 nitrogen and oxygen atoms in total. The van der Waals surface area contributed by atoms with Crippen LogP contribution in [0.1, 0.15) is 68.8 Å². The third-order valence-electron chi connectivity index (χ3n) is 12.1. The molecule has 2 radical (unpaired) electrons. The van der Waals surface area contributed by atoms with Gasteiger partial charge in [-0.05, 0) is 97.6 Å². The Labute approximate surface area is 372 Å². The van der Waals surface area contributed by atoms with Crippen LogP contribution in [0.4, 0.5) is 11.4 Å². The van der Waals surface area contributed by atoms with Gasteiger partial charge in [0, 0.05) is 40.0 Å². The van der Waals surface area contributed by atoms with Crippen molar-refractivity contribution < 1.29 is 20.4 Å². The fourth-order valence-electron chi connectivity index (χ4n) is 8.86. The first-order valence-electron chi connectivity index (χ1n) is 21.8. The molecule has 0 amide bonds. The van der Waals surface area contributed by atoms with Crippen LogP contribution >= 0.6 is 0 Å². The number of aromatic hydroxyl groups is 2. The minimum absolute atomic E-state index is 0.0199. The monoisotopic (exact) mass is 828 g/mol. The van der Waals surface area contributed by atoms with Gasteiger partial charge >= 0.3 is 0 Å². The Kier molecular flexibility index (Phi) is 12.8. The molecule has 7 heteroatoms. The average Bonchev–Trinajstić information content (AvgIpc) is 4.10. The van der Waals surface area contributed by atoms with E-state index in [1.165, 1.54) is 12.8 Å². The second-order valence-corrected chi connectivity index (χ2v) is 16.4. The Bertz CT molecular complexity index is 2870. The maximum absolute atomic E-state index is 12.3. The molecule has 1 aliphatic rings. The summed E-state index contributed by atoms with van der Waals surface area (Å²) in [4.78, 5) is 1.96. The summed E-state index contributed by atoms with van der Waals surface area (Å²) in [5.74, 6) is 0.362. The first-order valence-corrected chi connectivity index (χ1v) is 21.8. The van der Waals surface area contributed by atoms with Crippen molar-refractivity contribution in [3.63, 3.8) is 0 Å². The van der Waals surface area contributed by atoms with Crippen LogP contribution in [0.3, 0.4) is 0 Å². The third-order valence-corrected chi connectivity index (χ3v) is 12.1. The molecule has 0 bridgehead atoms. The van der Waals surface area contributed by atoms with Crippen LogP contribution in [0.15, 0.2) is 163 Å². The van der Waals surface area contributed by atoms with E-state index >= 15 is 0 Å². The Morgan fingerprint density at radius 2 is 1.41 bits per heavy atom. The van der Waals surface area contributed by atoms with Gasteiger partial charge in [-0.25, -0.2) is 0 Å². The molecule has 1 fully saturated rings. The highest BCUT2D eigenvalue weighted by atomic mass is 16.3. The van der Waals surface area contributed by atoms with Crippen molar-refractivity contribution in [1.82, 2.24) is 4.57 Å². The van der Waals surface area contributed by atoms with Crippen LogP contribution in [0.5, 0.6) is 11.5 Å². The number of fused-ring (bicyclic) bond motifs is 1. The number of aliphatic hydroxyl groups is 2. The number of allylic oxidation sites excluding steroid dienone is 3. The Balaban J connectivity index is 1.30. The summed E-state index contributed by atoms with van der Waals surface area (Å²) in [6.45, 7) is 6.01. The van der Waals surface area contributed by atoms with Crippen molar-refractivity contribution in [1.29, 1.82) is 0 Å². The molecule has 1 aliphatic carbocycles. The van der Waals surface area contributed by atoms with Crippen molar-refractivity contribution in [2.45, 2.75) is 52.9 Å². The summed E-state index contributed by atoms with van der Waals surface area (Å²) in [6.07, 6.45) is 14.2. The predicted octanol–water partition coefficient (Wildman–Crippen LogP) is 13.5. The van der Waals surface area contributed by atoms with E-state index in [0.29, 0.717) is 45.9 Å². The average molecular weight is 829 g/mol. The van der Waals surface area contributed by atoms with Gasteiger partial charge in [-0.2, -0.15) is 0 Å². The summed E-state index contributed by atoms with van der Waals surface area (Å²) in [5.41, 5.74) is 10.8. The van der Waals surface area contributed by atoms with Gasteiger partial charge in [0.05, 0.1) is 34.3 Å². The normalized spacial score (nSPS) is 13.6. The van der Waals surface area contributed by atoms with Gasteiger partial charge in [-0.3, -0.25) is 0 Å². The molecule has 4 N–H and O–H groups in total. The molecule has 8 rings (SSSR count). The first-order chi connectivity index (χ1) is 30.7. The molecule has 1 aromatic heterocycles. The summed E-state index contributed by atoms with van der Waals surface area (Å²) in [5, 5.41) is 47.6. The van der Waals surface area contributed by atoms with Gasteiger partial charge in [0.15, 0.2) is 0 Å². The number of phenols is 2. The van der Waals surface area contributed by atoms with Gasteiger partial charge in [-0.1, -0.05) is 147 Å².